The highest BCUT2D eigenvalue weighted by Crippen LogP contribution is 2.31. The summed E-state index contributed by atoms with van der Waals surface area (Å²) < 4.78 is 0. The van der Waals surface area contributed by atoms with Gasteiger partial charge in [0.1, 0.15) is 0 Å². The van der Waals surface area contributed by atoms with Gasteiger partial charge in [0, 0.05) is 42.9 Å². The molecule has 1 aliphatic rings. The lowest BCUT2D eigenvalue weighted by molar-refractivity contribution is 0.641. The summed E-state index contributed by atoms with van der Waals surface area (Å²) in [6.45, 7) is 4.20. The molecule has 4 nitrogen and oxygen atoms in total. The summed E-state index contributed by atoms with van der Waals surface area (Å²) in [4.78, 5) is 6.48. The van der Waals surface area contributed by atoms with E-state index in [4.69, 9.17) is 12.2 Å². The lowest BCUT2D eigenvalue weighted by Crippen LogP contribution is -2.34. The Labute approximate surface area is 142 Å². The molecule has 0 bridgehead atoms. The summed E-state index contributed by atoms with van der Waals surface area (Å²) in [5, 5.41) is 7.09. The fourth-order valence-electron chi connectivity index (χ4n) is 3.03. The molecule has 1 aromatic carbocycles. The SMILES string of the molecule is CC1Cc2ccccc2N1CCCNC(=S)Nc1ccncc1. The van der Waals surface area contributed by atoms with Crippen LogP contribution in [0.15, 0.2) is 48.8 Å². The molecule has 23 heavy (non-hydrogen) atoms. The van der Waals surface area contributed by atoms with Crippen LogP contribution >= 0.6 is 12.2 Å². The molecule has 0 aliphatic carbocycles. The molecule has 3 rings (SSSR count). The van der Waals surface area contributed by atoms with Gasteiger partial charge in [-0.2, -0.15) is 0 Å². The summed E-state index contributed by atoms with van der Waals surface area (Å²) in [6.07, 6.45) is 5.69. The van der Waals surface area contributed by atoms with E-state index in [-0.39, 0.29) is 0 Å². The van der Waals surface area contributed by atoms with Crippen molar-refractivity contribution >= 4 is 28.7 Å². The predicted molar refractivity (Wildman–Crippen MR) is 100 cm³/mol. The minimum absolute atomic E-state index is 0.578. The first-order chi connectivity index (χ1) is 11.2. The van der Waals surface area contributed by atoms with Crippen LogP contribution in [0.25, 0.3) is 0 Å². The number of rotatable bonds is 5. The third-order valence-corrected chi connectivity index (χ3v) is 4.39. The monoisotopic (exact) mass is 326 g/mol. The van der Waals surface area contributed by atoms with Gasteiger partial charge >= 0.3 is 0 Å². The number of para-hydroxylation sites is 1. The van der Waals surface area contributed by atoms with Gasteiger partial charge in [0.25, 0.3) is 0 Å². The van der Waals surface area contributed by atoms with E-state index in [9.17, 15) is 0 Å². The van der Waals surface area contributed by atoms with Crippen molar-refractivity contribution < 1.29 is 0 Å². The van der Waals surface area contributed by atoms with Crippen molar-refractivity contribution in [1.82, 2.24) is 10.3 Å². The second-order valence-electron chi connectivity index (χ2n) is 5.85. The van der Waals surface area contributed by atoms with Gasteiger partial charge in [0.05, 0.1) is 0 Å². The van der Waals surface area contributed by atoms with Gasteiger partial charge < -0.3 is 15.5 Å². The third-order valence-electron chi connectivity index (χ3n) is 4.15. The van der Waals surface area contributed by atoms with Gasteiger partial charge in [-0.3, -0.25) is 4.98 Å². The zero-order valence-electron chi connectivity index (χ0n) is 13.3. The highest BCUT2D eigenvalue weighted by atomic mass is 32.1. The largest absolute Gasteiger partial charge is 0.368 e. The maximum absolute atomic E-state index is 5.31. The molecule has 0 spiro atoms. The maximum atomic E-state index is 5.31. The van der Waals surface area contributed by atoms with Gasteiger partial charge in [-0.15, -0.1) is 0 Å². The van der Waals surface area contributed by atoms with Crippen molar-refractivity contribution in [1.29, 1.82) is 0 Å². The first-order valence-electron chi connectivity index (χ1n) is 8.03. The molecular weight excluding hydrogens is 304 g/mol. The van der Waals surface area contributed by atoms with Crippen LogP contribution in [0.3, 0.4) is 0 Å². The van der Waals surface area contributed by atoms with E-state index in [0.717, 1.165) is 31.6 Å². The van der Waals surface area contributed by atoms with Crippen molar-refractivity contribution in [2.24, 2.45) is 0 Å². The van der Waals surface area contributed by atoms with Crippen LogP contribution in [0.2, 0.25) is 0 Å². The summed E-state index contributed by atoms with van der Waals surface area (Å²) >= 11 is 5.31. The first kappa shape index (κ1) is 15.7. The van der Waals surface area contributed by atoms with Crippen molar-refractivity contribution in [2.45, 2.75) is 25.8 Å². The van der Waals surface area contributed by atoms with Crippen molar-refractivity contribution in [3.8, 4) is 0 Å². The van der Waals surface area contributed by atoms with Crippen molar-refractivity contribution in [3.05, 3.63) is 54.4 Å². The average Bonchev–Trinajstić information content (AvgIpc) is 2.88. The minimum atomic E-state index is 0.578. The fourth-order valence-corrected chi connectivity index (χ4v) is 3.25. The van der Waals surface area contributed by atoms with E-state index in [1.807, 2.05) is 12.1 Å². The summed E-state index contributed by atoms with van der Waals surface area (Å²) in [6, 6.07) is 13.1. The number of aromatic nitrogens is 1. The molecule has 0 amide bonds. The average molecular weight is 326 g/mol. The molecule has 0 saturated carbocycles. The molecule has 0 fully saturated rings. The van der Waals surface area contributed by atoms with Crippen LogP contribution < -0.4 is 15.5 Å². The smallest absolute Gasteiger partial charge is 0.170 e. The van der Waals surface area contributed by atoms with Crippen LogP contribution in [-0.2, 0) is 6.42 Å². The Morgan fingerprint density at radius 3 is 2.87 bits per heavy atom. The van der Waals surface area contributed by atoms with E-state index in [0.29, 0.717) is 11.2 Å². The number of hydrogen-bond acceptors (Lipinski definition) is 3. The summed E-state index contributed by atoms with van der Waals surface area (Å²) in [7, 11) is 0. The topological polar surface area (TPSA) is 40.2 Å². The standard InChI is InChI=1S/C18H22N4S/c1-14-13-15-5-2-3-6-17(15)22(14)12-4-9-20-18(23)21-16-7-10-19-11-8-16/h2-3,5-8,10-11,14H,4,9,12-13H2,1H3,(H2,19,20,21,23). The zero-order chi connectivity index (χ0) is 16.1. The lowest BCUT2D eigenvalue weighted by atomic mass is 10.1. The molecule has 1 atom stereocenters. The first-order valence-corrected chi connectivity index (χ1v) is 8.44. The molecule has 1 aliphatic heterocycles. The highest BCUT2D eigenvalue weighted by Gasteiger charge is 2.24. The molecule has 5 heteroatoms. The number of hydrogen-bond donors (Lipinski definition) is 2. The molecular formula is C18H22N4S. The van der Waals surface area contributed by atoms with E-state index in [2.05, 4.69) is 51.7 Å². The minimum Gasteiger partial charge on any atom is -0.368 e. The number of thiocarbonyl (C=S) groups is 1. The Morgan fingerprint density at radius 1 is 1.26 bits per heavy atom. The number of benzene rings is 1. The number of nitrogens with one attached hydrogen (secondary N) is 2. The predicted octanol–water partition coefficient (Wildman–Crippen LogP) is 3.21. The zero-order valence-corrected chi connectivity index (χ0v) is 14.1. The quantitative estimate of drug-likeness (QED) is 0.652. The van der Waals surface area contributed by atoms with Gasteiger partial charge in [-0.05, 0) is 55.7 Å². The van der Waals surface area contributed by atoms with Crippen LogP contribution in [-0.4, -0.2) is 29.2 Å². The second kappa shape index (κ2) is 7.42. The summed E-state index contributed by atoms with van der Waals surface area (Å²) in [5.74, 6) is 0. The number of nitrogens with zero attached hydrogens (tertiary/aromatic N) is 2. The van der Waals surface area contributed by atoms with E-state index < -0.39 is 0 Å². The molecule has 2 heterocycles. The van der Waals surface area contributed by atoms with Crippen LogP contribution in [0.5, 0.6) is 0 Å². The molecule has 0 saturated heterocycles. The molecule has 2 aromatic rings. The van der Waals surface area contributed by atoms with Gasteiger partial charge in [-0.25, -0.2) is 0 Å². The van der Waals surface area contributed by atoms with Crippen molar-refractivity contribution in [2.75, 3.05) is 23.3 Å². The second-order valence-corrected chi connectivity index (χ2v) is 6.25. The third kappa shape index (κ3) is 3.99. The molecule has 1 aromatic heterocycles. The number of pyridine rings is 1. The van der Waals surface area contributed by atoms with Crippen LogP contribution in [0.1, 0.15) is 18.9 Å². The number of anilines is 2. The van der Waals surface area contributed by atoms with Gasteiger partial charge in [0.15, 0.2) is 5.11 Å². The molecule has 1 unspecified atom stereocenters. The Balaban J connectivity index is 1.43. The normalized spacial score (nSPS) is 16.0. The van der Waals surface area contributed by atoms with E-state index in [1.165, 1.54) is 11.3 Å². The summed E-state index contributed by atoms with van der Waals surface area (Å²) in [5.41, 5.74) is 3.81. The Hall–Kier alpha value is -2.14. The van der Waals surface area contributed by atoms with E-state index in [1.54, 1.807) is 12.4 Å². The van der Waals surface area contributed by atoms with Crippen molar-refractivity contribution in [3.63, 3.8) is 0 Å². The molecule has 2 N–H and O–H groups in total. The highest BCUT2D eigenvalue weighted by molar-refractivity contribution is 7.80. The van der Waals surface area contributed by atoms with Gasteiger partial charge in [-0.1, -0.05) is 18.2 Å². The molecule has 120 valence electrons. The van der Waals surface area contributed by atoms with Gasteiger partial charge in [0.2, 0.25) is 0 Å². The lowest BCUT2D eigenvalue weighted by Gasteiger charge is -2.25. The van der Waals surface area contributed by atoms with Crippen LogP contribution in [0, 0.1) is 0 Å². The Bertz CT molecular complexity index is 659. The maximum Gasteiger partial charge on any atom is 0.170 e. The Kier molecular flexibility index (Phi) is 5.08. The van der Waals surface area contributed by atoms with E-state index >= 15 is 0 Å². The Morgan fingerprint density at radius 2 is 2.04 bits per heavy atom. The number of fused-ring (bicyclic) bond motifs is 1. The fraction of sp³-hybridized carbons (Fsp3) is 0.333. The molecule has 0 radical (unpaired) electrons. The van der Waals surface area contributed by atoms with Crippen LogP contribution in [0.4, 0.5) is 11.4 Å².